The van der Waals surface area contributed by atoms with Crippen LogP contribution in [0.4, 0.5) is 0 Å². The molecule has 1 atom stereocenters. The molecule has 0 radical (unpaired) electrons. The van der Waals surface area contributed by atoms with Gasteiger partial charge in [-0.3, -0.25) is 4.68 Å². The van der Waals surface area contributed by atoms with E-state index in [0.29, 0.717) is 6.54 Å². The maximum absolute atomic E-state index is 5.82. The van der Waals surface area contributed by atoms with Gasteiger partial charge in [-0.05, 0) is 18.4 Å². The lowest BCUT2D eigenvalue weighted by molar-refractivity contribution is 0.154. The van der Waals surface area contributed by atoms with E-state index in [4.69, 9.17) is 10.5 Å². The molecule has 1 saturated heterocycles. The summed E-state index contributed by atoms with van der Waals surface area (Å²) in [5.41, 5.74) is 7.23. The van der Waals surface area contributed by atoms with Crippen molar-refractivity contribution in [3.05, 3.63) is 18.0 Å². The number of nitrogens with zero attached hydrogens (tertiary/aromatic N) is 2. The minimum Gasteiger partial charge on any atom is -0.381 e. The SMILES string of the molecule is Cn1cc(CC2(CN)CCOC2)cn1. The third-order valence-corrected chi connectivity index (χ3v) is 2.96. The van der Waals surface area contributed by atoms with Crippen LogP contribution in [0.1, 0.15) is 12.0 Å². The third kappa shape index (κ3) is 1.81. The molecule has 1 aliphatic heterocycles. The van der Waals surface area contributed by atoms with E-state index < -0.39 is 0 Å². The summed E-state index contributed by atoms with van der Waals surface area (Å²) in [6.07, 6.45) is 6.02. The molecule has 78 valence electrons. The molecule has 0 saturated carbocycles. The fraction of sp³-hybridized carbons (Fsp3) is 0.700. The minimum atomic E-state index is 0.156. The van der Waals surface area contributed by atoms with E-state index in [9.17, 15) is 0 Å². The molecule has 0 aromatic carbocycles. The molecular weight excluding hydrogens is 178 g/mol. The molecule has 2 rings (SSSR count). The standard InChI is InChI=1S/C10H17N3O/c1-13-6-9(5-12-13)4-10(7-11)2-3-14-8-10/h5-6H,2-4,7-8,11H2,1H3. The molecule has 1 aliphatic rings. The molecule has 1 unspecified atom stereocenters. The van der Waals surface area contributed by atoms with E-state index >= 15 is 0 Å². The Bertz CT molecular complexity index is 302. The number of nitrogens with two attached hydrogens (primary N) is 1. The second-order valence-electron chi connectivity index (χ2n) is 4.21. The molecule has 4 heteroatoms. The van der Waals surface area contributed by atoms with E-state index in [-0.39, 0.29) is 5.41 Å². The van der Waals surface area contributed by atoms with Crippen molar-refractivity contribution in [2.24, 2.45) is 18.2 Å². The van der Waals surface area contributed by atoms with Crippen molar-refractivity contribution < 1.29 is 4.74 Å². The Morgan fingerprint density at radius 2 is 2.57 bits per heavy atom. The molecule has 1 fully saturated rings. The van der Waals surface area contributed by atoms with Gasteiger partial charge in [0.1, 0.15) is 0 Å². The van der Waals surface area contributed by atoms with Crippen LogP contribution in [-0.4, -0.2) is 29.5 Å². The summed E-state index contributed by atoms with van der Waals surface area (Å²) in [6, 6.07) is 0. The molecular formula is C10H17N3O. The second-order valence-corrected chi connectivity index (χ2v) is 4.21. The average molecular weight is 195 g/mol. The number of rotatable bonds is 3. The molecule has 0 aliphatic carbocycles. The zero-order valence-electron chi connectivity index (χ0n) is 8.57. The van der Waals surface area contributed by atoms with Crippen molar-refractivity contribution in [2.45, 2.75) is 12.8 Å². The fourth-order valence-corrected chi connectivity index (χ4v) is 2.02. The van der Waals surface area contributed by atoms with Crippen molar-refractivity contribution in [3.8, 4) is 0 Å². The first-order valence-electron chi connectivity index (χ1n) is 4.99. The summed E-state index contributed by atoms with van der Waals surface area (Å²) in [7, 11) is 1.93. The highest BCUT2D eigenvalue weighted by atomic mass is 16.5. The monoisotopic (exact) mass is 195 g/mol. The third-order valence-electron chi connectivity index (χ3n) is 2.96. The molecule has 1 aromatic rings. The second kappa shape index (κ2) is 3.71. The van der Waals surface area contributed by atoms with E-state index in [1.54, 1.807) is 0 Å². The van der Waals surface area contributed by atoms with Crippen LogP contribution >= 0.6 is 0 Å². The lowest BCUT2D eigenvalue weighted by atomic mass is 9.82. The highest BCUT2D eigenvalue weighted by Gasteiger charge is 2.33. The fourth-order valence-electron chi connectivity index (χ4n) is 2.02. The van der Waals surface area contributed by atoms with Gasteiger partial charge in [-0.25, -0.2) is 0 Å². The summed E-state index contributed by atoms with van der Waals surface area (Å²) in [6.45, 7) is 2.33. The van der Waals surface area contributed by atoms with Gasteiger partial charge >= 0.3 is 0 Å². The van der Waals surface area contributed by atoms with Crippen LogP contribution in [0, 0.1) is 5.41 Å². The predicted octanol–water partition coefficient (Wildman–Crippen LogP) is 0.328. The molecule has 0 bridgehead atoms. The van der Waals surface area contributed by atoms with Gasteiger partial charge in [0.15, 0.2) is 0 Å². The van der Waals surface area contributed by atoms with Gasteiger partial charge < -0.3 is 10.5 Å². The summed E-state index contributed by atoms with van der Waals surface area (Å²) < 4.78 is 7.25. The first-order chi connectivity index (χ1) is 6.74. The Labute approximate surface area is 84.0 Å². The van der Waals surface area contributed by atoms with E-state index in [1.165, 1.54) is 5.56 Å². The van der Waals surface area contributed by atoms with Crippen molar-refractivity contribution in [1.82, 2.24) is 9.78 Å². The summed E-state index contributed by atoms with van der Waals surface area (Å²) in [5.74, 6) is 0. The maximum Gasteiger partial charge on any atom is 0.0538 e. The largest absolute Gasteiger partial charge is 0.381 e. The Kier molecular flexibility index (Phi) is 2.56. The highest BCUT2D eigenvalue weighted by molar-refractivity contribution is 5.08. The smallest absolute Gasteiger partial charge is 0.0538 e. The Balaban J connectivity index is 2.08. The molecule has 14 heavy (non-hydrogen) atoms. The van der Waals surface area contributed by atoms with Gasteiger partial charge in [-0.15, -0.1) is 0 Å². The normalized spacial score (nSPS) is 27.0. The highest BCUT2D eigenvalue weighted by Crippen LogP contribution is 2.31. The predicted molar refractivity (Wildman–Crippen MR) is 53.8 cm³/mol. The van der Waals surface area contributed by atoms with Crippen molar-refractivity contribution in [3.63, 3.8) is 0 Å². The van der Waals surface area contributed by atoms with Crippen LogP contribution in [0.3, 0.4) is 0 Å². The van der Waals surface area contributed by atoms with E-state index in [2.05, 4.69) is 11.3 Å². The maximum atomic E-state index is 5.82. The number of hydrogen-bond donors (Lipinski definition) is 1. The lowest BCUT2D eigenvalue weighted by Gasteiger charge is -2.24. The van der Waals surface area contributed by atoms with Gasteiger partial charge in [0, 0.05) is 31.8 Å². The first kappa shape index (κ1) is 9.68. The van der Waals surface area contributed by atoms with Crippen LogP contribution in [0.5, 0.6) is 0 Å². The molecule has 2 N–H and O–H groups in total. The number of aryl methyl sites for hydroxylation is 1. The molecule has 4 nitrogen and oxygen atoms in total. The van der Waals surface area contributed by atoms with Crippen LogP contribution < -0.4 is 5.73 Å². The Hall–Kier alpha value is -0.870. The van der Waals surface area contributed by atoms with E-state index in [1.807, 2.05) is 17.9 Å². The lowest BCUT2D eigenvalue weighted by Crippen LogP contribution is -2.33. The van der Waals surface area contributed by atoms with Crippen molar-refractivity contribution in [1.29, 1.82) is 0 Å². The van der Waals surface area contributed by atoms with Crippen LogP contribution in [0.25, 0.3) is 0 Å². The zero-order chi connectivity index (χ0) is 10.0. The minimum absolute atomic E-state index is 0.156. The van der Waals surface area contributed by atoms with E-state index in [0.717, 1.165) is 26.1 Å². The van der Waals surface area contributed by atoms with Gasteiger partial charge in [0.05, 0.1) is 12.8 Å². The van der Waals surface area contributed by atoms with Gasteiger partial charge in [0.25, 0.3) is 0 Å². The summed E-state index contributed by atoms with van der Waals surface area (Å²) in [5, 5.41) is 4.16. The average Bonchev–Trinajstić information content (AvgIpc) is 2.77. The van der Waals surface area contributed by atoms with Crippen molar-refractivity contribution in [2.75, 3.05) is 19.8 Å². The number of ether oxygens (including phenoxy) is 1. The number of hydrogen-bond acceptors (Lipinski definition) is 3. The number of aromatic nitrogens is 2. The first-order valence-corrected chi connectivity index (χ1v) is 4.99. The Morgan fingerprint density at radius 3 is 3.07 bits per heavy atom. The zero-order valence-corrected chi connectivity index (χ0v) is 8.57. The molecule has 0 amide bonds. The van der Waals surface area contributed by atoms with Gasteiger partial charge in [-0.2, -0.15) is 5.10 Å². The van der Waals surface area contributed by atoms with Gasteiger partial charge in [0.2, 0.25) is 0 Å². The van der Waals surface area contributed by atoms with Crippen LogP contribution in [0.15, 0.2) is 12.4 Å². The van der Waals surface area contributed by atoms with Crippen LogP contribution in [-0.2, 0) is 18.2 Å². The molecule has 2 heterocycles. The Morgan fingerprint density at radius 1 is 1.71 bits per heavy atom. The van der Waals surface area contributed by atoms with Gasteiger partial charge in [-0.1, -0.05) is 0 Å². The summed E-state index contributed by atoms with van der Waals surface area (Å²) >= 11 is 0. The molecule has 0 spiro atoms. The quantitative estimate of drug-likeness (QED) is 0.756. The topological polar surface area (TPSA) is 53.1 Å². The van der Waals surface area contributed by atoms with Crippen molar-refractivity contribution >= 4 is 0 Å². The summed E-state index contributed by atoms with van der Waals surface area (Å²) in [4.78, 5) is 0. The van der Waals surface area contributed by atoms with Crippen LogP contribution in [0.2, 0.25) is 0 Å². The molecule has 1 aromatic heterocycles.